The highest BCUT2D eigenvalue weighted by atomic mass is 16.5. The third-order valence-electron chi connectivity index (χ3n) is 5.72. The van der Waals surface area contributed by atoms with Gasteiger partial charge in [-0.2, -0.15) is 5.10 Å². The van der Waals surface area contributed by atoms with Gasteiger partial charge in [0.2, 0.25) is 0 Å². The number of hydrogen-bond donors (Lipinski definition) is 2. The number of piperidine rings is 1. The summed E-state index contributed by atoms with van der Waals surface area (Å²) < 4.78 is 12.4. The average Bonchev–Trinajstić information content (AvgIpc) is 3.10. The Morgan fingerprint density at radius 3 is 2.58 bits per heavy atom. The number of methoxy groups -OCH3 is 1. The van der Waals surface area contributed by atoms with Crippen molar-refractivity contribution in [2.75, 3.05) is 33.4 Å². The smallest absolute Gasteiger partial charge is 0.308 e. The number of nitrogens with zero attached hydrogens (tertiary/aromatic N) is 3. The molecule has 2 aromatic rings. The quantitative estimate of drug-likeness (QED) is 0.554. The molecule has 1 unspecified atom stereocenters. The molecule has 0 saturated carbocycles. The van der Waals surface area contributed by atoms with Gasteiger partial charge in [0.15, 0.2) is 0 Å². The first-order valence-electron chi connectivity index (χ1n) is 10.8. The van der Waals surface area contributed by atoms with Crippen molar-refractivity contribution in [2.24, 2.45) is 13.0 Å². The standard InChI is InChI=1S/C23H34N4O4/c1-17-20(14-26(2)25-17)13-24-12-18-4-6-22(7-5-18)31-16-21(28)15-27-10-8-19(9-11-27)23(29)30-3/h4-7,14,19,21,24,28H,8-13,15-16H2,1-3H3. The second-order valence-corrected chi connectivity index (χ2v) is 8.22. The van der Waals surface area contributed by atoms with Gasteiger partial charge in [-0.3, -0.25) is 9.48 Å². The zero-order valence-corrected chi connectivity index (χ0v) is 18.7. The van der Waals surface area contributed by atoms with Gasteiger partial charge in [-0.15, -0.1) is 0 Å². The molecule has 2 heterocycles. The van der Waals surface area contributed by atoms with Crippen LogP contribution in [-0.4, -0.2) is 65.2 Å². The summed E-state index contributed by atoms with van der Waals surface area (Å²) in [5.74, 6) is 0.598. The summed E-state index contributed by atoms with van der Waals surface area (Å²) in [4.78, 5) is 13.8. The van der Waals surface area contributed by atoms with Crippen LogP contribution in [0.2, 0.25) is 0 Å². The number of benzene rings is 1. The highest BCUT2D eigenvalue weighted by molar-refractivity contribution is 5.72. The number of β-amino-alcohol motifs (C(OH)–C–C–N with tert-alkyl or cyclic N) is 1. The molecule has 1 aliphatic heterocycles. The van der Waals surface area contributed by atoms with Gasteiger partial charge in [0.1, 0.15) is 18.5 Å². The van der Waals surface area contributed by atoms with Gasteiger partial charge in [-0.1, -0.05) is 12.1 Å². The van der Waals surface area contributed by atoms with Crippen molar-refractivity contribution >= 4 is 5.97 Å². The van der Waals surface area contributed by atoms with E-state index in [1.807, 2.05) is 49.1 Å². The first kappa shape index (κ1) is 23.2. The topological polar surface area (TPSA) is 88.9 Å². The molecule has 8 nitrogen and oxygen atoms in total. The normalized spacial score (nSPS) is 16.3. The summed E-state index contributed by atoms with van der Waals surface area (Å²) in [6.45, 7) is 5.92. The fraction of sp³-hybridized carbons (Fsp3) is 0.565. The number of rotatable bonds is 10. The SMILES string of the molecule is COC(=O)C1CCN(CC(O)COc2ccc(CNCc3cn(C)nc3C)cc2)CC1. The van der Waals surface area contributed by atoms with Crippen molar-refractivity contribution in [3.05, 3.63) is 47.3 Å². The van der Waals surface area contributed by atoms with Crippen LogP contribution in [0.3, 0.4) is 0 Å². The minimum Gasteiger partial charge on any atom is -0.491 e. The Labute approximate surface area is 184 Å². The van der Waals surface area contributed by atoms with Crippen LogP contribution < -0.4 is 10.1 Å². The minimum absolute atomic E-state index is 0.0176. The summed E-state index contributed by atoms with van der Waals surface area (Å²) in [6, 6.07) is 7.92. The Hall–Kier alpha value is -2.42. The van der Waals surface area contributed by atoms with Crippen molar-refractivity contribution < 1.29 is 19.4 Å². The van der Waals surface area contributed by atoms with Gasteiger partial charge in [-0.05, 0) is 50.6 Å². The first-order valence-corrected chi connectivity index (χ1v) is 10.8. The first-order chi connectivity index (χ1) is 14.9. The van der Waals surface area contributed by atoms with E-state index in [2.05, 4.69) is 15.3 Å². The molecule has 0 amide bonds. The Bertz CT molecular complexity index is 829. The monoisotopic (exact) mass is 430 g/mol. The van der Waals surface area contributed by atoms with E-state index in [0.717, 1.165) is 50.5 Å². The molecule has 3 rings (SSSR count). The lowest BCUT2D eigenvalue weighted by molar-refractivity contribution is -0.147. The van der Waals surface area contributed by atoms with Gasteiger partial charge in [0.05, 0.1) is 18.7 Å². The molecule has 0 aliphatic carbocycles. The number of likely N-dealkylation sites (tertiary alicyclic amines) is 1. The number of aryl methyl sites for hydroxylation is 2. The molecule has 0 radical (unpaired) electrons. The van der Waals surface area contributed by atoms with Gasteiger partial charge >= 0.3 is 5.97 Å². The van der Waals surface area contributed by atoms with E-state index in [1.165, 1.54) is 18.2 Å². The average molecular weight is 431 g/mol. The Balaban J connectivity index is 1.34. The van der Waals surface area contributed by atoms with Crippen molar-refractivity contribution in [1.29, 1.82) is 0 Å². The van der Waals surface area contributed by atoms with Crippen molar-refractivity contribution in [2.45, 2.75) is 39.0 Å². The van der Waals surface area contributed by atoms with Gasteiger partial charge in [-0.25, -0.2) is 0 Å². The lowest BCUT2D eigenvalue weighted by Crippen LogP contribution is -2.42. The van der Waals surface area contributed by atoms with Gasteiger partial charge in [0, 0.05) is 38.4 Å². The fourth-order valence-corrected chi connectivity index (χ4v) is 3.93. The molecule has 8 heteroatoms. The van der Waals surface area contributed by atoms with Crippen molar-refractivity contribution in [3.8, 4) is 5.75 Å². The number of esters is 1. The summed E-state index contributed by atoms with van der Waals surface area (Å²) in [6.07, 6.45) is 3.01. The van der Waals surface area contributed by atoms with Crippen LogP contribution in [0.1, 0.15) is 29.7 Å². The lowest BCUT2D eigenvalue weighted by Gasteiger charge is -2.31. The van der Waals surface area contributed by atoms with Crippen LogP contribution in [0.25, 0.3) is 0 Å². The zero-order valence-electron chi connectivity index (χ0n) is 18.7. The highest BCUT2D eigenvalue weighted by Crippen LogP contribution is 2.19. The number of nitrogens with one attached hydrogen (secondary N) is 1. The molecule has 1 aromatic carbocycles. The van der Waals surface area contributed by atoms with E-state index in [-0.39, 0.29) is 18.5 Å². The Morgan fingerprint density at radius 1 is 1.26 bits per heavy atom. The van der Waals surface area contributed by atoms with Crippen LogP contribution in [0, 0.1) is 12.8 Å². The van der Waals surface area contributed by atoms with Crippen LogP contribution in [0.4, 0.5) is 0 Å². The number of aliphatic hydroxyl groups excluding tert-OH is 1. The molecular weight excluding hydrogens is 396 g/mol. The van der Waals surface area contributed by atoms with Crippen LogP contribution in [0.15, 0.2) is 30.5 Å². The summed E-state index contributed by atoms with van der Waals surface area (Å²) in [5.41, 5.74) is 3.42. The van der Waals surface area contributed by atoms with Gasteiger partial charge in [0.25, 0.3) is 0 Å². The van der Waals surface area contributed by atoms with E-state index in [4.69, 9.17) is 9.47 Å². The largest absolute Gasteiger partial charge is 0.491 e. The maximum absolute atomic E-state index is 11.6. The molecule has 31 heavy (non-hydrogen) atoms. The van der Waals surface area contributed by atoms with Crippen LogP contribution in [0.5, 0.6) is 5.75 Å². The summed E-state index contributed by atoms with van der Waals surface area (Å²) >= 11 is 0. The zero-order chi connectivity index (χ0) is 22.2. The molecule has 1 fully saturated rings. The molecule has 0 spiro atoms. The molecular formula is C23H34N4O4. The number of aromatic nitrogens is 2. The van der Waals surface area contributed by atoms with E-state index in [0.29, 0.717) is 6.54 Å². The second-order valence-electron chi connectivity index (χ2n) is 8.22. The predicted molar refractivity (Wildman–Crippen MR) is 118 cm³/mol. The summed E-state index contributed by atoms with van der Waals surface area (Å²) in [5, 5.41) is 18.1. The Morgan fingerprint density at radius 2 is 1.97 bits per heavy atom. The maximum atomic E-state index is 11.6. The minimum atomic E-state index is -0.571. The number of carbonyl (C=O) groups is 1. The molecule has 170 valence electrons. The predicted octanol–water partition coefficient (Wildman–Crippen LogP) is 1.64. The van der Waals surface area contributed by atoms with Gasteiger partial charge < -0.3 is 24.8 Å². The van der Waals surface area contributed by atoms with Crippen molar-refractivity contribution in [1.82, 2.24) is 20.0 Å². The van der Waals surface area contributed by atoms with Crippen molar-refractivity contribution in [3.63, 3.8) is 0 Å². The third-order valence-corrected chi connectivity index (χ3v) is 5.72. The number of aliphatic hydroxyl groups is 1. The second kappa shape index (κ2) is 11.3. The molecule has 0 bridgehead atoms. The molecule has 1 atom stereocenters. The third kappa shape index (κ3) is 7.05. The highest BCUT2D eigenvalue weighted by Gasteiger charge is 2.26. The number of carbonyl (C=O) groups excluding carboxylic acids is 1. The molecule has 1 aliphatic rings. The van der Waals surface area contributed by atoms with E-state index in [1.54, 1.807) is 0 Å². The van der Waals surface area contributed by atoms with E-state index < -0.39 is 6.10 Å². The van der Waals surface area contributed by atoms with Crippen LogP contribution in [-0.2, 0) is 29.7 Å². The van der Waals surface area contributed by atoms with E-state index >= 15 is 0 Å². The molecule has 1 aromatic heterocycles. The number of hydrogen-bond acceptors (Lipinski definition) is 7. The number of ether oxygens (including phenoxy) is 2. The van der Waals surface area contributed by atoms with Crippen LogP contribution >= 0.6 is 0 Å². The maximum Gasteiger partial charge on any atom is 0.308 e. The molecule has 2 N–H and O–H groups in total. The fourth-order valence-electron chi connectivity index (χ4n) is 3.93. The molecule has 1 saturated heterocycles. The summed E-state index contributed by atoms with van der Waals surface area (Å²) in [7, 11) is 3.36. The van der Waals surface area contributed by atoms with E-state index in [9.17, 15) is 9.90 Å². The Kier molecular flexibility index (Phi) is 8.45. The lowest BCUT2D eigenvalue weighted by atomic mass is 9.97.